The lowest BCUT2D eigenvalue weighted by Crippen LogP contribution is -2.23. The lowest BCUT2D eigenvalue weighted by molar-refractivity contribution is -0.115. The van der Waals surface area contributed by atoms with Gasteiger partial charge in [0.1, 0.15) is 0 Å². The zero-order valence-corrected chi connectivity index (χ0v) is 18.4. The van der Waals surface area contributed by atoms with Crippen LogP contribution in [0, 0.1) is 6.92 Å². The Hall–Kier alpha value is -2.65. The number of hydrogen-bond acceptors (Lipinski definition) is 5. The highest BCUT2D eigenvalue weighted by molar-refractivity contribution is 9.10. The third kappa shape index (κ3) is 3.56. The van der Waals surface area contributed by atoms with Gasteiger partial charge in [0.2, 0.25) is 11.7 Å². The summed E-state index contributed by atoms with van der Waals surface area (Å²) in [5.74, 6) is 0.288. The SMILES string of the molecule is Cc1ccc(NC(=O)C(C)Sc2nnc3n(C)c(=O)c4ccccc4n23)c(Br)c1. The van der Waals surface area contributed by atoms with Gasteiger partial charge >= 0.3 is 0 Å². The van der Waals surface area contributed by atoms with Crippen LogP contribution in [0.3, 0.4) is 0 Å². The predicted octanol–water partition coefficient (Wildman–Crippen LogP) is 3.77. The molecule has 1 unspecified atom stereocenters. The van der Waals surface area contributed by atoms with Gasteiger partial charge in [0, 0.05) is 11.5 Å². The number of carbonyl (C=O) groups excluding carboxylic acids is 1. The number of thioether (sulfide) groups is 1. The van der Waals surface area contributed by atoms with Gasteiger partial charge in [-0.05, 0) is 59.6 Å². The van der Waals surface area contributed by atoms with Crippen molar-refractivity contribution >= 4 is 56.0 Å². The fourth-order valence-electron chi connectivity index (χ4n) is 3.06. The van der Waals surface area contributed by atoms with Crippen LogP contribution in [-0.2, 0) is 11.8 Å². The molecular weight excluding hydrogens is 454 g/mol. The molecule has 4 rings (SSSR count). The van der Waals surface area contributed by atoms with E-state index in [0.29, 0.717) is 27.5 Å². The van der Waals surface area contributed by atoms with Crippen LogP contribution < -0.4 is 10.9 Å². The topological polar surface area (TPSA) is 81.3 Å². The van der Waals surface area contributed by atoms with E-state index in [2.05, 4.69) is 31.4 Å². The van der Waals surface area contributed by atoms with Crippen molar-refractivity contribution in [3.8, 4) is 0 Å². The third-order valence-corrected chi connectivity index (χ3v) is 6.33. The summed E-state index contributed by atoms with van der Waals surface area (Å²) >= 11 is 4.77. The highest BCUT2D eigenvalue weighted by atomic mass is 79.9. The average molecular weight is 472 g/mol. The zero-order valence-electron chi connectivity index (χ0n) is 16.0. The van der Waals surface area contributed by atoms with Crippen LogP contribution >= 0.6 is 27.7 Å². The Labute approximate surface area is 179 Å². The minimum Gasteiger partial charge on any atom is -0.324 e. The fourth-order valence-corrected chi connectivity index (χ4v) is 4.50. The standard InChI is InChI=1S/C20H18BrN5O2S/c1-11-8-9-15(14(21)10-11)22-17(27)12(2)29-20-24-23-19-25(3)18(28)13-6-4-5-7-16(13)26(19)20/h4-10,12H,1-3H3,(H,22,27). The van der Waals surface area contributed by atoms with Crippen molar-refractivity contribution in [2.75, 3.05) is 5.32 Å². The second-order valence-electron chi connectivity index (χ2n) is 6.73. The lowest BCUT2D eigenvalue weighted by atomic mass is 10.2. The quantitative estimate of drug-likeness (QED) is 0.458. The number of rotatable bonds is 4. The number of nitrogens with one attached hydrogen (secondary N) is 1. The van der Waals surface area contributed by atoms with Gasteiger partial charge in [-0.25, -0.2) is 0 Å². The number of benzene rings is 2. The number of fused-ring (bicyclic) bond motifs is 3. The molecule has 0 aliphatic carbocycles. The molecule has 148 valence electrons. The monoisotopic (exact) mass is 471 g/mol. The number of halogens is 1. The minimum atomic E-state index is -0.424. The number of para-hydroxylation sites is 1. The van der Waals surface area contributed by atoms with Crippen LogP contribution in [0.4, 0.5) is 5.69 Å². The van der Waals surface area contributed by atoms with Crippen LogP contribution in [0.15, 0.2) is 56.9 Å². The number of amides is 1. The fraction of sp³-hybridized carbons (Fsp3) is 0.200. The zero-order chi connectivity index (χ0) is 20.7. The molecule has 4 aromatic rings. The smallest absolute Gasteiger partial charge is 0.262 e. The van der Waals surface area contributed by atoms with E-state index in [1.54, 1.807) is 13.1 Å². The van der Waals surface area contributed by atoms with E-state index < -0.39 is 5.25 Å². The summed E-state index contributed by atoms with van der Waals surface area (Å²) in [4.78, 5) is 25.3. The molecule has 2 aromatic carbocycles. The molecule has 7 nitrogen and oxygen atoms in total. The number of nitrogens with zero attached hydrogens (tertiary/aromatic N) is 4. The molecule has 0 aliphatic heterocycles. The summed E-state index contributed by atoms with van der Waals surface area (Å²) < 4.78 is 4.11. The molecule has 0 saturated heterocycles. The summed E-state index contributed by atoms with van der Waals surface area (Å²) in [6.45, 7) is 3.80. The van der Waals surface area contributed by atoms with E-state index in [0.717, 1.165) is 10.0 Å². The van der Waals surface area contributed by atoms with Gasteiger partial charge in [0.15, 0.2) is 5.16 Å². The first-order valence-corrected chi connectivity index (χ1v) is 10.6. The molecule has 29 heavy (non-hydrogen) atoms. The predicted molar refractivity (Wildman–Crippen MR) is 119 cm³/mol. The Kier molecular flexibility index (Phi) is 5.18. The average Bonchev–Trinajstić information content (AvgIpc) is 3.12. The Morgan fingerprint density at radius 3 is 2.72 bits per heavy atom. The number of anilines is 1. The van der Waals surface area contributed by atoms with Crippen molar-refractivity contribution in [1.29, 1.82) is 0 Å². The third-order valence-electron chi connectivity index (χ3n) is 4.63. The Balaban J connectivity index is 1.67. The Morgan fingerprint density at radius 2 is 1.97 bits per heavy atom. The number of aromatic nitrogens is 4. The Morgan fingerprint density at radius 1 is 1.21 bits per heavy atom. The second kappa shape index (κ2) is 7.64. The molecule has 0 fully saturated rings. The number of aryl methyl sites for hydroxylation is 2. The molecule has 1 atom stereocenters. The maximum Gasteiger partial charge on any atom is 0.262 e. The van der Waals surface area contributed by atoms with E-state index in [4.69, 9.17) is 0 Å². The first-order chi connectivity index (χ1) is 13.9. The highest BCUT2D eigenvalue weighted by Crippen LogP contribution is 2.27. The summed E-state index contributed by atoms with van der Waals surface area (Å²) in [7, 11) is 1.66. The van der Waals surface area contributed by atoms with Gasteiger partial charge in [0.25, 0.3) is 5.56 Å². The molecule has 0 bridgehead atoms. The molecule has 2 heterocycles. The summed E-state index contributed by atoms with van der Waals surface area (Å²) in [6.07, 6.45) is 0. The van der Waals surface area contributed by atoms with E-state index in [1.165, 1.54) is 16.3 Å². The van der Waals surface area contributed by atoms with Gasteiger partial charge < -0.3 is 5.32 Å². The molecule has 1 amide bonds. The van der Waals surface area contributed by atoms with Crippen LogP contribution in [0.5, 0.6) is 0 Å². The van der Waals surface area contributed by atoms with Gasteiger partial charge in [-0.1, -0.05) is 30.0 Å². The summed E-state index contributed by atoms with van der Waals surface area (Å²) in [5, 5.41) is 12.0. The molecular formula is C20H18BrN5O2S. The molecule has 0 radical (unpaired) electrons. The molecule has 9 heteroatoms. The maximum atomic E-state index is 12.7. The summed E-state index contributed by atoms with van der Waals surface area (Å²) in [5.41, 5.74) is 2.40. The van der Waals surface area contributed by atoms with E-state index in [9.17, 15) is 9.59 Å². The van der Waals surface area contributed by atoms with Gasteiger partial charge in [-0.3, -0.25) is 18.6 Å². The van der Waals surface area contributed by atoms with Gasteiger partial charge in [-0.15, -0.1) is 10.2 Å². The van der Waals surface area contributed by atoms with Crippen LogP contribution in [-0.4, -0.2) is 30.3 Å². The first-order valence-electron chi connectivity index (χ1n) is 8.93. The van der Waals surface area contributed by atoms with Gasteiger partial charge in [-0.2, -0.15) is 0 Å². The van der Waals surface area contributed by atoms with Crippen molar-refractivity contribution in [3.63, 3.8) is 0 Å². The van der Waals surface area contributed by atoms with Crippen molar-refractivity contribution in [1.82, 2.24) is 19.2 Å². The van der Waals surface area contributed by atoms with E-state index in [1.807, 2.05) is 54.6 Å². The normalized spacial score (nSPS) is 12.4. The lowest BCUT2D eigenvalue weighted by Gasteiger charge is -2.13. The number of carbonyl (C=O) groups is 1. The molecule has 0 saturated carbocycles. The second-order valence-corrected chi connectivity index (χ2v) is 8.89. The number of hydrogen-bond donors (Lipinski definition) is 1. The van der Waals surface area contributed by atoms with Crippen molar-refractivity contribution < 1.29 is 4.79 Å². The minimum absolute atomic E-state index is 0.132. The maximum absolute atomic E-state index is 12.7. The van der Waals surface area contributed by atoms with Crippen molar-refractivity contribution in [2.45, 2.75) is 24.3 Å². The molecule has 1 N–H and O–H groups in total. The largest absolute Gasteiger partial charge is 0.324 e. The summed E-state index contributed by atoms with van der Waals surface area (Å²) in [6, 6.07) is 13.1. The first kappa shape index (κ1) is 19.7. The highest BCUT2D eigenvalue weighted by Gasteiger charge is 2.21. The van der Waals surface area contributed by atoms with E-state index >= 15 is 0 Å². The molecule has 0 spiro atoms. The van der Waals surface area contributed by atoms with Crippen molar-refractivity contribution in [3.05, 3.63) is 62.9 Å². The molecule has 2 aromatic heterocycles. The van der Waals surface area contributed by atoms with Crippen LogP contribution in [0.2, 0.25) is 0 Å². The molecule has 0 aliphatic rings. The van der Waals surface area contributed by atoms with Crippen molar-refractivity contribution in [2.24, 2.45) is 7.05 Å². The van der Waals surface area contributed by atoms with Crippen LogP contribution in [0.25, 0.3) is 16.7 Å². The Bertz CT molecular complexity index is 1310. The van der Waals surface area contributed by atoms with E-state index in [-0.39, 0.29) is 11.5 Å². The van der Waals surface area contributed by atoms with Gasteiger partial charge in [0.05, 0.1) is 21.8 Å². The van der Waals surface area contributed by atoms with Crippen LogP contribution in [0.1, 0.15) is 12.5 Å².